The van der Waals surface area contributed by atoms with Crippen LogP contribution in [0.25, 0.3) is 22.0 Å². The van der Waals surface area contributed by atoms with E-state index >= 15 is 0 Å². The van der Waals surface area contributed by atoms with Crippen molar-refractivity contribution in [3.63, 3.8) is 0 Å². The van der Waals surface area contributed by atoms with Gasteiger partial charge in [0.05, 0.1) is 11.1 Å². The van der Waals surface area contributed by atoms with Crippen molar-refractivity contribution in [3.8, 4) is 11.1 Å². The number of benzene rings is 1. The summed E-state index contributed by atoms with van der Waals surface area (Å²) in [4.78, 5) is 18.5. The molecule has 3 aromatic rings. The number of aromatic nitrogens is 2. The molecule has 3 rings (SSSR count). The molecule has 0 aliphatic heterocycles. The van der Waals surface area contributed by atoms with E-state index < -0.39 is 5.97 Å². The van der Waals surface area contributed by atoms with Crippen LogP contribution >= 0.6 is 0 Å². The van der Waals surface area contributed by atoms with Gasteiger partial charge < -0.3 is 10.1 Å². The molecule has 112 valence electrons. The summed E-state index contributed by atoms with van der Waals surface area (Å²) < 4.78 is 0. The molecule has 1 aromatic carbocycles. The molecule has 0 saturated carbocycles. The molecule has 0 unspecified atom stereocenters. The van der Waals surface area contributed by atoms with E-state index in [1.54, 1.807) is 12.4 Å². The maximum atomic E-state index is 11.2. The number of carboxylic acids is 1. The quantitative estimate of drug-likeness (QED) is 0.743. The molecule has 4 nitrogen and oxygen atoms in total. The lowest BCUT2D eigenvalue weighted by molar-refractivity contribution is 0.0699. The predicted octanol–water partition coefficient (Wildman–Crippen LogP) is 4.23. The van der Waals surface area contributed by atoms with Crippen LogP contribution in [-0.2, 0) is 5.41 Å². The van der Waals surface area contributed by atoms with Gasteiger partial charge in [0.25, 0.3) is 0 Å². The van der Waals surface area contributed by atoms with E-state index in [0.717, 1.165) is 16.6 Å². The average Bonchev–Trinajstić information content (AvgIpc) is 2.90. The van der Waals surface area contributed by atoms with Crippen molar-refractivity contribution >= 4 is 16.9 Å². The second-order valence-corrected chi connectivity index (χ2v) is 6.44. The summed E-state index contributed by atoms with van der Waals surface area (Å²) in [7, 11) is 0. The molecule has 22 heavy (non-hydrogen) atoms. The molecule has 0 aliphatic carbocycles. The Hall–Kier alpha value is -2.62. The number of hydrogen-bond acceptors (Lipinski definition) is 2. The van der Waals surface area contributed by atoms with Gasteiger partial charge in [-0.2, -0.15) is 0 Å². The van der Waals surface area contributed by atoms with Crippen LogP contribution in [0.15, 0.2) is 42.9 Å². The van der Waals surface area contributed by atoms with E-state index in [2.05, 4.69) is 55.0 Å². The van der Waals surface area contributed by atoms with Crippen LogP contribution in [0.3, 0.4) is 0 Å². The van der Waals surface area contributed by atoms with E-state index in [-0.39, 0.29) is 11.0 Å². The van der Waals surface area contributed by atoms with Gasteiger partial charge in [-0.1, -0.05) is 45.0 Å². The largest absolute Gasteiger partial charge is 0.478 e. The summed E-state index contributed by atoms with van der Waals surface area (Å²) in [6.45, 7) is 6.52. The zero-order valence-corrected chi connectivity index (χ0v) is 12.8. The van der Waals surface area contributed by atoms with E-state index in [1.165, 1.54) is 11.8 Å². The molecular formula is C18H18N2O2. The van der Waals surface area contributed by atoms with Crippen molar-refractivity contribution in [2.24, 2.45) is 0 Å². The molecule has 0 amide bonds. The topological polar surface area (TPSA) is 66.0 Å². The number of H-pyrrole nitrogens is 1. The summed E-state index contributed by atoms with van der Waals surface area (Å²) >= 11 is 0. The Morgan fingerprint density at radius 3 is 2.41 bits per heavy atom. The minimum atomic E-state index is -0.951. The third kappa shape index (κ3) is 2.37. The monoisotopic (exact) mass is 294 g/mol. The Labute approximate surface area is 128 Å². The third-order valence-corrected chi connectivity index (χ3v) is 3.89. The predicted molar refractivity (Wildman–Crippen MR) is 87.2 cm³/mol. The molecule has 2 N–H and O–H groups in total. The highest BCUT2D eigenvalue weighted by atomic mass is 16.4. The third-order valence-electron chi connectivity index (χ3n) is 3.89. The number of pyridine rings is 1. The van der Waals surface area contributed by atoms with E-state index in [4.69, 9.17) is 0 Å². The molecule has 4 heteroatoms. The van der Waals surface area contributed by atoms with Gasteiger partial charge in [-0.3, -0.25) is 4.98 Å². The number of nitrogens with one attached hydrogen (secondary N) is 1. The second-order valence-electron chi connectivity index (χ2n) is 6.44. The Balaban J connectivity index is 2.13. The van der Waals surface area contributed by atoms with Crippen LogP contribution in [0.1, 0.15) is 36.7 Å². The summed E-state index contributed by atoms with van der Waals surface area (Å²) in [5, 5.41) is 9.84. The number of hydrogen-bond donors (Lipinski definition) is 2. The molecule has 0 bridgehead atoms. The first-order valence-corrected chi connectivity index (χ1v) is 7.17. The Morgan fingerprint density at radius 2 is 1.82 bits per heavy atom. The molecule has 2 heterocycles. The van der Waals surface area contributed by atoms with Crippen LogP contribution in [0.2, 0.25) is 0 Å². The number of carbonyl (C=O) groups is 1. The molecule has 0 fully saturated rings. The highest BCUT2D eigenvalue weighted by molar-refractivity contribution is 6.06. The number of nitrogens with zero attached hydrogens (tertiary/aromatic N) is 1. The molecule has 2 aromatic heterocycles. The smallest absolute Gasteiger partial charge is 0.337 e. The Morgan fingerprint density at radius 1 is 1.14 bits per heavy atom. The van der Waals surface area contributed by atoms with Crippen molar-refractivity contribution in [2.75, 3.05) is 0 Å². The lowest BCUT2D eigenvalue weighted by atomic mass is 9.86. The van der Waals surface area contributed by atoms with E-state index in [9.17, 15) is 9.90 Å². The lowest BCUT2D eigenvalue weighted by Crippen LogP contribution is -2.10. The highest BCUT2D eigenvalue weighted by Gasteiger charge is 2.16. The van der Waals surface area contributed by atoms with Crippen LogP contribution in [0.4, 0.5) is 0 Å². The van der Waals surface area contributed by atoms with Gasteiger partial charge in [-0.15, -0.1) is 0 Å². The summed E-state index contributed by atoms with van der Waals surface area (Å²) in [5.74, 6) is -0.951. The van der Waals surface area contributed by atoms with E-state index in [0.29, 0.717) is 5.39 Å². The van der Waals surface area contributed by atoms with Gasteiger partial charge >= 0.3 is 5.97 Å². The zero-order chi connectivity index (χ0) is 15.9. The van der Waals surface area contributed by atoms with Gasteiger partial charge in [0.1, 0.15) is 0 Å². The van der Waals surface area contributed by atoms with Gasteiger partial charge in [0, 0.05) is 29.5 Å². The SMILES string of the molecule is CC(C)(C)c1ccc(-c2cncc3c(C(=O)O)c[nH]c23)cc1. The minimum absolute atomic E-state index is 0.103. The van der Waals surface area contributed by atoms with Crippen molar-refractivity contribution in [2.45, 2.75) is 26.2 Å². The summed E-state index contributed by atoms with van der Waals surface area (Å²) in [5.41, 5.74) is 4.34. The maximum absolute atomic E-state index is 11.2. The number of rotatable bonds is 2. The molecule has 0 spiro atoms. The number of aromatic amines is 1. The Bertz CT molecular complexity index is 840. The number of carboxylic acid groups (broad SMARTS) is 1. The van der Waals surface area contributed by atoms with Crippen LogP contribution in [-0.4, -0.2) is 21.0 Å². The summed E-state index contributed by atoms with van der Waals surface area (Å²) in [6.07, 6.45) is 4.86. The minimum Gasteiger partial charge on any atom is -0.478 e. The highest BCUT2D eigenvalue weighted by Crippen LogP contribution is 2.30. The average molecular weight is 294 g/mol. The summed E-state index contributed by atoms with van der Waals surface area (Å²) in [6, 6.07) is 8.32. The standard InChI is InChI=1S/C18H18N2O2/c1-18(2,3)12-6-4-11(5-7-12)13-8-19-9-14-15(17(21)22)10-20-16(13)14/h4-10,20H,1-3H3,(H,21,22). The fourth-order valence-corrected chi connectivity index (χ4v) is 2.59. The van der Waals surface area contributed by atoms with Gasteiger partial charge in [0.2, 0.25) is 0 Å². The molecule has 0 saturated heterocycles. The maximum Gasteiger partial charge on any atom is 0.337 e. The van der Waals surface area contributed by atoms with Gasteiger partial charge in [-0.25, -0.2) is 4.79 Å². The Kier molecular flexibility index (Phi) is 3.24. The fraction of sp³-hybridized carbons (Fsp3) is 0.222. The van der Waals surface area contributed by atoms with Crippen LogP contribution in [0, 0.1) is 0 Å². The first kappa shape index (κ1) is 14.3. The second kappa shape index (κ2) is 4.98. The number of aromatic carboxylic acids is 1. The zero-order valence-electron chi connectivity index (χ0n) is 12.8. The van der Waals surface area contributed by atoms with Crippen LogP contribution < -0.4 is 0 Å². The van der Waals surface area contributed by atoms with Crippen molar-refractivity contribution in [1.82, 2.24) is 9.97 Å². The molecular weight excluding hydrogens is 276 g/mol. The first-order valence-electron chi connectivity index (χ1n) is 7.17. The van der Waals surface area contributed by atoms with Crippen molar-refractivity contribution < 1.29 is 9.90 Å². The normalized spacial score (nSPS) is 11.8. The fourth-order valence-electron chi connectivity index (χ4n) is 2.59. The number of fused-ring (bicyclic) bond motifs is 1. The molecule has 0 atom stereocenters. The molecule has 0 radical (unpaired) electrons. The molecule has 0 aliphatic rings. The lowest BCUT2D eigenvalue weighted by Gasteiger charge is -2.19. The van der Waals surface area contributed by atoms with Crippen molar-refractivity contribution in [1.29, 1.82) is 0 Å². The van der Waals surface area contributed by atoms with E-state index in [1.807, 2.05) is 0 Å². The van der Waals surface area contributed by atoms with Crippen LogP contribution in [0.5, 0.6) is 0 Å². The van der Waals surface area contributed by atoms with Gasteiger partial charge in [-0.05, 0) is 16.5 Å². The van der Waals surface area contributed by atoms with Crippen molar-refractivity contribution in [3.05, 3.63) is 54.0 Å². The first-order chi connectivity index (χ1) is 10.4. The van der Waals surface area contributed by atoms with Gasteiger partial charge in [0.15, 0.2) is 0 Å².